The van der Waals surface area contributed by atoms with Crippen molar-refractivity contribution < 1.29 is 13.5 Å². The highest BCUT2D eigenvalue weighted by atomic mass is 32.1. The maximum Gasteiger partial charge on any atom is 0.170 e. The second-order valence-corrected chi connectivity index (χ2v) is 4.70. The zero-order chi connectivity index (χ0) is 14.1. The fourth-order valence-corrected chi connectivity index (χ4v) is 2.23. The number of aromatic nitrogens is 2. The lowest BCUT2D eigenvalue weighted by atomic mass is 10.2. The van der Waals surface area contributed by atoms with E-state index in [2.05, 4.69) is 9.97 Å². The van der Waals surface area contributed by atoms with Crippen LogP contribution in [0.25, 0.3) is 22.4 Å². The molecule has 0 bridgehead atoms. The van der Waals surface area contributed by atoms with Crippen molar-refractivity contribution in [1.82, 2.24) is 9.97 Å². The van der Waals surface area contributed by atoms with Gasteiger partial charge in [0.1, 0.15) is 17.1 Å². The number of ether oxygens (including phenoxy) is 1. The van der Waals surface area contributed by atoms with Gasteiger partial charge in [-0.05, 0) is 12.1 Å². The molecule has 0 saturated carbocycles. The summed E-state index contributed by atoms with van der Waals surface area (Å²) >= 11 is 5.11. The Labute approximate surface area is 119 Å². The van der Waals surface area contributed by atoms with Gasteiger partial charge in [-0.25, -0.2) is 9.37 Å². The first kappa shape index (κ1) is 13.0. The maximum atomic E-state index is 13.6. The van der Waals surface area contributed by atoms with Gasteiger partial charge in [0, 0.05) is 18.6 Å². The van der Waals surface area contributed by atoms with Gasteiger partial charge < -0.3 is 14.1 Å². The van der Waals surface area contributed by atoms with Gasteiger partial charge in [-0.3, -0.25) is 0 Å². The standard InChI is InChI=1S/C14H11FN2O2S/c1-18-7-12-16-10(6-13(20)17-12)11-5-8-3-2-4-9(15)14(8)19-11/h2-6H,7H2,1H3,(H,16,17,20). The molecule has 1 N–H and O–H groups in total. The number of hydrogen-bond acceptors (Lipinski definition) is 4. The summed E-state index contributed by atoms with van der Waals surface area (Å²) in [6.07, 6.45) is 0. The summed E-state index contributed by atoms with van der Waals surface area (Å²) in [7, 11) is 1.57. The zero-order valence-corrected chi connectivity index (χ0v) is 11.5. The van der Waals surface area contributed by atoms with Crippen molar-refractivity contribution in [3.8, 4) is 11.5 Å². The van der Waals surface area contributed by atoms with Gasteiger partial charge >= 0.3 is 0 Å². The molecule has 4 nitrogen and oxygen atoms in total. The van der Waals surface area contributed by atoms with Crippen LogP contribution in [0.1, 0.15) is 5.82 Å². The summed E-state index contributed by atoms with van der Waals surface area (Å²) in [6.45, 7) is 0.312. The first-order valence-electron chi connectivity index (χ1n) is 5.95. The number of fused-ring (bicyclic) bond motifs is 1. The molecule has 0 fully saturated rings. The van der Waals surface area contributed by atoms with E-state index < -0.39 is 5.82 Å². The molecule has 0 aliphatic rings. The number of rotatable bonds is 3. The Morgan fingerprint density at radius 2 is 2.25 bits per heavy atom. The molecular weight excluding hydrogens is 279 g/mol. The number of methoxy groups -OCH3 is 1. The first-order valence-corrected chi connectivity index (χ1v) is 6.36. The molecule has 20 heavy (non-hydrogen) atoms. The van der Waals surface area contributed by atoms with Crippen molar-refractivity contribution in [2.75, 3.05) is 7.11 Å². The number of nitrogens with zero attached hydrogens (tertiary/aromatic N) is 1. The molecule has 2 aromatic heterocycles. The summed E-state index contributed by atoms with van der Waals surface area (Å²) in [5.74, 6) is 0.713. The highest BCUT2D eigenvalue weighted by Crippen LogP contribution is 2.28. The van der Waals surface area contributed by atoms with Crippen molar-refractivity contribution in [2.45, 2.75) is 6.61 Å². The highest BCUT2D eigenvalue weighted by Gasteiger charge is 2.11. The predicted molar refractivity (Wildman–Crippen MR) is 75.3 cm³/mol. The van der Waals surface area contributed by atoms with E-state index in [4.69, 9.17) is 21.4 Å². The average Bonchev–Trinajstić information content (AvgIpc) is 2.84. The van der Waals surface area contributed by atoms with Gasteiger partial charge in [0.2, 0.25) is 0 Å². The summed E-state index contributed by atoms with van der Waals surface area (Å²) in [6, 6.07) is 8.22. The van der Waals surface area contributed by atoms with E-state index in [-0.39, 0.29) is 5.58 Å². The molecule has 0 unspecified atom stereocenters. The number of para-hydroxylation sites is 1. The van der Waals surface area contributed by atoms with E-state index in [1.807, 2.05) is 0 Å². The Balaban J connectivity index is 2.15. The fourth-order valence-electron chi connectivity index (χ4n) is 2.01. The molecule has 0 radical (unpaired) electrons. The second kappa shape index (κ2) is 5.15. The van der Waals surface area contributed by atoms with E-state index in [9.17, 15) is 4.39 Å². The van der Waals surface area contributed by atoms with Crippen LogP contribution in [0.4, 0.5) is 4.39 Å². The minimum absolute atomic E-state index is 0.229. The SMILES string of the molecule is COCc1nc(=S)cc(-c2cc3cccc(F)c3o2)[nH]1. The number of halogens is 1. The normalized spacial score (nSPS) is 11.1. The van der Waals surface area contributed by atoms with Crippen LogP contribution in [-0.2, 0) is 11.3 Å². The van der Waals surface area contributed by atoms with Crippen LogP contribution in [0.3, 0.4) is 0 Å². The third-order valence-corrected chi connectivity index (χ3v) is 3.04. The molecule has 0 atom stereocenters. The summed E-state index contributed by atoms with van der Waals surface area (Å²) in [4.78, 5) is 7.20. The minimum Gasteiger partial charge on any atom is -0.451 e. The van der Waals surface area contributed by atoms with Gasteiger partial charge in [0.25, 0.3) is 0 Å². The molecule has 3 rings (SSSR count). The third-order valence-electron chi connectivity index (χ3n) is 2.83. The maximum absolute atomic E-state index is 13.6. The molecule has 2 heterocycles. The van der Waals surface area contributed by atoms with Crippen LogP contribution >= 0.6 is 12.2 Å². The van der Waals surface area contributed by atoms with E-state index in [1.54, 1.807) is 31.4 Å². The lowest BCUT2D eigenvalue weighted by Crippen LogP contribution is -1.98. The van der Waals surface area contributed by atoms with Crippen LogP contribution < -0.4 is 0 Å². The largest absolute Gasteiger partial charge is 0.451 e. The topological polar surface area (TPSA) is 51.1 Å². The van der Waals surface area contributed by atoms with Crippen LogP contribution in [0, 0.1) is 10.5 Å². The molecule has 0 amide bonds. The van der Waals surface area contributed by atoms with E-state index in [0.29, 0.717) is 33.9 Å². The predicted octanol–water partition coefficient (Wildman–Crippen LogP) is 3.84. The van der Waals surface area contributed by atoms with Crippen molar-refractivity contribution in [2.24, 2.45) is 0 Å². The molecule has 0 saturated heterocycles. The van der Waals surface area contributed by atoms with Crippen molar-refractivity contribution >= 4 is 23.2 Å². The van der Waals surface area contributed by atoms with Crippen molar-refractivity contribution in [1.29, 1.82) is 0 Å². The number of benzene rings is 1. The summed E-state index contributed by atoms with van der Waals surface area (Å²) in [5, 5.41) is 0.699. The Kier molecular flexibility index (Phi) is 3.33. The molecule has 0 spiro atoms. The lowest BCUT2D eigenvalue weighted by Gasteiger charge is -2.02. The highest BCUT2D eigenvalue weighted by molar-refractivity contribution is 7.71. The van der Waals surface area contributed by atoms with Gasteiger partial charge in [-0.1, -0.05) is 24.4 Å². The molecule has 1 aromatic carbocycles. The van der Waals surface area contributed by atoms with Gasteiger partial charge in [0.15, 0.2) is 17.2 Å². The van der Waals surface area contributed by atoms with E-state index in [1.165, 1.54) is 6.07 Å². The number of hydrogen-bond donors (Lipinski definition) is 1. The van der Waals surface area contributed by atoms with Crippen molar-refractivity contribution in [3.05, 3.63) is 46.6 Å². The lowest BCUT2D eigenvalue weighted by molar-refractivity contribution is 0.177. The molecule has 0 aliphatic heterocycles. The quantitative estimate of drug-likeness (QED) is 0.745. The monoisotopic (exact) mass is 290 g/mol. The van der Waals surface area contributed by atoms with Gasteiger partial charge in [0.05, 0.1) is 5.69 Å². The van der Waals surface area contributed by atoms with Crippen LogP contribution in [-0.4, -0.2) is 17.1 Å². The third kappa shape index (κ3) is 2.35. The minimum atomic E-state index is -0.390. The molecule has 6 heteroatoms. The fraction of sp³-hybridized carbons (Fsp3) is 0.143. The Morgan fingerprint density at radius 3 is 3.00 bits per heavy atom. The summed E-state index contributed by atoms with van der Waals surface area (Å²) < 4.78 is 24.6. The summed E-state index contributed by atoms with van der Waals surface area (Å²) in [5.41, 5.74) is 0.875. The zero-order valence-electron chi connectivity index (χ0n) is 10.6. The average molecular weight is 290 g/mol. The number of furan rings is 1. The second-order valence-electron chi connectivity index (χ2n) is 4.28. The first-order chi connectivity index (χ1) is 9.67. The van der Waals surface area contributed by atoms with Crippen LogP contribution in [0.5, 0.6) is 0 Å². The van der Waals surface area contributed by atoms with Gasteiger partial charge in [-0.2, -0.15) is 0 Å². The molecule has 3 aromatic rings. The number of H-pyrrole nitrogens is 1. The van der Waals surface area contributed by atoms with Gasteiger partial charge in [-0.15, -0.1) is 0 Å². The smallest absolute Gasteiger partial charge is 0.170 e. The molecule has 102 valence electrons. The Morgan fingerprint density at radius 1 is 1.40 bits per heavy atom. The number of nitrogens with one attached hydrogen (secondary N) is 1. The number of aromatic amines is 1. The van der Waals surface area contributed by atoms with Crippen LogP contribution in [0.15, 0.2) is 34.7 Å². The van der Waals surface area contributed by atoms with Crippen molar-refractivity contribution in [3.63, 3.8) is 0 Å². The molecule has 0 aliphatic carbocycles. The van der Waals surface area contributed by atoms with E-state index >= 15 is 0 Å². The Bertz CT molecular complexity index is 825. The Hall–Kier alpha value is -2.05. The molecular formula is C14H11FN2O2S. The van der Waals surface area contributed by atoms with Crippen LogP contribution in [0.2, 0.25) is 0 Å². The van der Waals surface area contributed by atoms with E-state index in [0.717, 1.165) is 0 Å².